The van der Waals surface area contributed by atoms with Gasteiger partial charge in [0.25, 0.3) is 5.56 Å². The molecule has 0 N–H and O–H groups in total. The topological polar surface area (TPSA) is 95.8 Å². The maximum Gasteiger partial charge on any atom is 0.522 e. The van der Waals surface area contributed by atoms with Crippen LogP contribution in [0.5, 0.6) is 5.75 Å². The minimum absolute atomic E-state index is 0.0940. The maximum absolute atomic E-state index is 13.9. The van der Waals surface area contributed by atoms with Crippen LogP contribution in [0.2, 0.25) is 5.02 Å². The zero-order valence-electron chi connectivity index (χ0n) is 26.6. The summed E-state index contributed by atoms with van der Waals surface area (Å²) >= 11 is 7.83. The van der Waals surface area contributed by atoms with Crippen molar-refractivity contribution in [3.05, 3.63) is 73.4 Å². The highest BCUT2D eigenvalue weighted by Crippen LogP contribution is 2.55. The third kappa shape index (κ3) is 6.33. The molecule has 3 aliphatic rings. The van der Waals surface area contributed by atoms with Crippen LogP contribution in [0.15, 0.2) is 34.4 Å². The molecule has 0 spiro atoms. The Bertz CT molecular complexity index is 1960. The molecule has 9 nitrogen and oxygen atoms in total. The highest BCUT2D eigenvalue weighted by molar-refractivity contribution is 7.18. The molecule has 0 amide bonds. The molecule has 7 rings (SSSR count). The van der Waals surface area contributed by atoms with Gasteiger partial charge in [-0.1, -0.05) is 11.6 Å². The number of hydrogen-bond donors (Lipinski definition) is 0. The van der Waals surface area contributed by atoms with Crippen LogP contribution in [-0.2, 0) is 22.4 Å². The molecule has 14 heteroatoms. The molecular formula is C34H34ClF3N4O5S. The Hall–Kier alpha value is -3.52. The molecule has 2 aliphatic carbocycles. The lowest BCUT2D eigenvalue weighted by molar-refractivity contribution is -0.346. The summed E-state index contributed by atoms with van der Waals surface area (Å²) in [6.45, 7) is 5.15. The second-order valence-corrected chi connectivity index (χ2v) is 14.0. The number of piperidine rings is 1. The van der Waals surface area contributed by atoms with Gasteiger partial charge in [-0.05, 0) is 69.7 Å². The van der Waals surface area contributed by atoms with Crippen LogP contribution in [0.4, 0.5) is 13.2 Å². The van der Waals surface area contributed by atoms with E-state index in [0.717, 1.165) is 27.9 Å². The summed E-state index contributed by atoms with van der Waals surface area (Å²) in [5, 5.41) is 2.25. The Labute approximate surface area is 283 Å². The number of methoxy groups -OCH3 is 1. The summed E-state index contributed by atoms with van der Waals surface area (Å²) < 4.78 is 56.2. The number of esters is 1. The molecule has 3 atom stereocenters. The first-order valence-electron chi connectivity index (χ1n) is 15.9. The number of carbonyl (C=O) groups excluding carboxylic acids is 1. The van der Waals surface area contributed by atoms with Gasteiger partial charge in [0.15, 0.2) is 0 Å². The van der Waals surface area contributed by atoms with Crippen molar-refractivity contribution >= 4 is 39.1 Å². The maximum atomic E-state index is 13.9. The van der Waals surface area contributed by atoms with Crippen LogP contribution >= 0.6 is 22.9 Å². The van der Waals surface area contributed by atoms with E-state index in [1.807, 2.05) is 26.0 Å². The molecule has 3 aromatic heterocycles. The summed E-state index contributed by atoms with van der Waals surface area (Å²) in [6.07, 6.45) is -3.38. The van der Waals surface area contributed by atoms with E-state index in [0.29, 0.717) is 77.2 Å². The molecule has 1 saturated heterocycles. The molecule has 4 heterocycles. The van der Waals surface area contributed by atoms with Crippen LogP contribution < -0.4 is 10.3 Å². The van der Waals surface area contributed by atoms with Gasteiger partial charge >= 0.3 is 12.3 Å². The van der Waals surface area contributed by atoms with Gasteiger partial charge in [-0.3, -0.25) is 24.0 Å². The van der Waals surface area contributed by atoms with Crippen LogP contribution in [0.1, 0.15) is 58.3 Å². The van der Waals surface area contributed by atoms with Crippen molar-refractivity contribution in [3.8, 4) is 16.9 Å². The lowest BCUT2D eigenvalue weighted by atomic mass is 9.90. The Balaban J connectivity index is 1.10. The van der Waals surface area contributed by atoms with Gasteiger partial charge in [0.2, 0.25) is 0 Å². The van der Waals surface area contributed by atoms with E-state index in [2.05, 4.69) is 14.6 Å². The van der Waals surface area contributed by atoms with Crippen molar-refractivity contribution < 1.29 is 32.2 Å². The minimum Gasteiger partial charge on any atom is -0.491 e. The van der Waals surface area contributed by atoms with Gasteiger partial charge in [0, 0.05) is 57.8 Å². The molecule has 0 bridgehead atoms. The van der Waals surface area contributed by atoms with Gasteiger partial charge in [-0.15, -0.1) is 24.5 Å². The SMILES string of the molecule is COC(=O)c1csc2c(-c3cc(Cl)ccc3OCCn3c(C)nc4c(c3=O)CC(N3CCC(OC(F)(F)F)CC3)C3CC43)cc(C)nc12. The van der Waals surface area contributed by atoms with E-state index in [-0.39, 0.29) is 30.7 Å². The standard InChI is InChI=1S/C34H34ClF3N4O5S/c1-17-12-24(31-30(39-17)26(16-48-31)33(44)45-3)22-13-19(35)4-5-28(22)46-11-10-42-18(2)40-29-23-14-21(23)27(15-25(29)32(42)43)41-8-6-20(7-9-41)47-34(36,37)38/h4-5,12-13,16,20-21,23,27H,6-11,14-15H2,1-3H3. The second kappa shape index (κ2) is 12.7. The highest BCUT2D eigenvalue weighted by Gasteiger charge is 2.52. The average molecular weight is 703 g/mol. The first-order valence-corrected chi connectivity index (χ1v) is 17.2. The molecule has 0 radical (unpaired) electrons. The molecule has 3 unspecified atom stereocenters. The largest absolute Gasteiger partial charge is 0.522 e. The van der Waals surface area contributed by atoms with Gasteiger partial charge < -0.3 is 9.47 Å². The van der Waals surface area contributed by atoms with Gasteiger partial charge in [-0.2, -0.15) is 0 Å². The van der Waals surface area contributed by atoms with E-state index in [4.69, 9.17) is 26.1 Å². The summed E-state index contributed by atoms with van der Waals surface area (Å²) in [5.41, 5.74) is 4.66. The van der Waals surface area contributed by atoms with E-state index in [9.17, 15) is 22.8 Å². The Morgan fingerprint density at radius 1 is 1.12 bits per heavy atom. The van der Waals surface area contributed by atoms with Gasteiger partial charge in [-0.25, -0.2) is 9.78 Å². The fourth-order valence-electron chi connectivity index (χ4n) is 7.39. The number of benzene rings is 1. The highest BCUT2D eigenvalue weighted by atomic mass is 35.5. The first-order chi connectivity index (χ1) is 22.9. The monoisotopic (exact) mass is 702 g/mol. The average Bonchev–Trinajstić information content (AvgIpc) is 3.74. The third-order valence-electron chi connectivity index (χ3n) is 9.69. The number of pyridine rings is 1. The number of nitrogens with zero attached hydrogens (tertiary/aromatic N) is 4. The normalized spacial score (nSPS) is 21.2. The first kappa shape index (κ1) is 33.0. The second-order valence-electron chi connectivity index (χ2n) is 12.7. The predicted molar refractivity (Wildman–Crippen MR) is 175 cm³/mol. The number of rotatable bonds is 8. The Morgan fingerprint density at radius 2 is 1.90 bits per heavy atom. The minimum atomic E-state index is -4.63. The number of alkyl halides is 3. The number of carbonyl (C=O) groups is 1. The molecule has 1 saturated carbocycles. The van der Waals surface area contributed by atoms with Crippen LogP contribution in [0.3, 0.4) is 0 Å². The molecule has 1 aromatic carbocycles. The summed E-state index contributed by atoms with van der Waals surface area (Å²) in [7, 11) is 1.33. The van der Waals surface area contributed by atoms with Crippen LogP contribution in [0, 0.1) is 19.8 Å². The van der Waals surface area contributed by atoms with Crippen molar-refractivity contribution in [2.45, 2.75) is 70.5 Å². The number of fused-ring (bicyclic) bond motifs is 4. The molecule has 48 heavy (non-hydrogen) atoms. The fourth-order valence-corrected chi connectivity index (χ4v) is 8.57. The number of halogens is 4. The van der Waals surface area contributed by atoms with E-state index in [1.165, 1.54) is 18.4 Å². The van der Waals surface area contributed by atoms with Crippen molar-refractivity contribution in [3.63, 3.8) is 0 Å². The molecule has 2 fully saturated rings. The number of aromatic nitrogens is 3. The van der Waals surface area contributed by atoms with Crippen LogP contribution in [-0.4, -0.2) is 70.7 Å². The van der Waals surface area contributed by atoms with E-state index in [1.54, 1.807) is 22.1 Å². The molecule has 254 valence electrons. The smallest absolute Gasteiger partial charge is 0.491 e. The summed E-state index contributed by atoms with van der Waals surface area (Å²) in [6, 6.07) is 7.36. The van der Waals surface area contributed by atoms with Crippen molar-refractivity contribution in [1.29, 1.82) is 0 Å². The zero-order valence-corrected chi connectivity index (χ0v) is 28.2. The number of thiophene rings is 1. The predicted octanol–water partition coefficient (Wildman–Crippen LogP) is 6.68. The number of hydrogen-bond acceptors (Lipinski definition) is 9. The summed E-state index contributed by atoms with van der Waals surface area (Å²) in [4.78, 5) is 38.0. The summed E-state index contributed by atoms with van der Waals surface area (Å²) in [5.74, 6) is 1.29. The quantitative estimate of drug-likeness (QED) is 0.188. The lowest BCUT2D eigenvalue weighted by Crippen LogP contribution is -2.48. The van der Waals surface area contributed by atoms with Gasteiger partial charge in [0.1, 0.15) is 18.2 Å². The van der Waals surface area contributed by atoms with E-state index >= 15 is 0 Å². The van der Waals surface area contributed by atoms with Gasteiger partial charge in [0.05, 0.1) is 41.2 Å². The van der Waals surface area contributed by atoms with Crippen molar-refractivity contribution in [2.75, 3.05) is 26.8 Å². The molecule has 4 aromatic rings. The number of likely N-dealkylation sites (tertiary alicyclic amines) is 1. The third-order valence-corrected chi connectivity index (χ3v) is 10.9. The fraction of sp³-hybridized carbons (Fsp3) is 0.471. The Kier molecular flexibility index (Phi) is 8.76. The number of aryl methyl sites for hydroxylation is 2. The van der Waals surface area contributed by atoms with E-state index < -0.39 is 18.4 Å². The number of ether oxygens (including phenoxy) is 3. The zero-order chi connectivity index (χ0) is 33.9. The molecular weight excluding hydrogens is 669 g/mol. The van der Waals surface area contributed by atoms with Crippen molar-refractivity contribution in [2.24, 2.45) is 5.92 Å². The lowest BCUT2D eigenvalue weighted by Gasteiger charge is -2.39. The molecule has 1 aliphatic heterocycles. The van der Waals surface area contributed by atoms with Crippen LogP contribution in [0.25, 0.3) is 21.3 Å². The van der Waals surface area contributed by atoms with Crippen molar-refractivity contribution in [1.82, 2.24) is 19.4 Å². The Morgan fingerprint density at radius 3 is 2.62 bits per heavy atom.